The Labute approximate surface area is 91.0 Å². The van der Waals surface area contributed by atoms with Gasteiger partial charge in [0.15, 0.2) is 0 Å². The van der Waals surface area contributed by atoms with E-state index in [0.29, 0.717) is 5.69 Å². The molecule has 0 radical (unpaired) electrons. The average molecular weight is 226 g/mol. The fraction of sp³-hybridized carbons (Fsp3) is 0.444. The number of hydrogen-bond acceptors (Lipinski definition) is 4. The summed E-state index contributed by atoms with van der Waals surface area (Å²) in [6.07, 6.45) is -2.88. The monoisotopic (exact) mass is 226 g/mol. The Bertz CT molecular complexity index is 420. The number of hydrogen-bond donors (Lipinski definition) is 2. The van der Waals surface area contributed by atoms with Crippen LogP contribution in [0.1, 0.15) is 17.5 Å². The Balaban J connectivity index is 2.90. The van der Waals surface area contributed by atoms with E-state index >= 15 is 0 Å². The van der Waals surface area contributed by atoms with E-state index in [1.54, 1.807) is 6.92 Å². The maximum absolute atomic E-state index is 13.3. The van der Waals surface area contributed by atoms with Gasteiger partial charge >= 0.3 is 0 Å². The normalized spacial score (nSPS) is 14.0. The minimum atomic E-state index is -1.51. The van der Waals surface area contributed by atoms with Crippen LogP contribution in [-0.4, -0.2) is 27.8 Å². The summed E-state index contributed by atoms with van der Waals surface area (Å²) in [5.41, 5.74) is 8.31. The van der Waals surface area contributed by atoms with Crippen molar-refractivity contribution in [3.63, 3.8) is 0 Å². The molecule has 0 amide bonds. The smallest absolute Gasteiger partial charge is 0.147 e. The van der Waals surface area contributed by atoms with Gasteiger partial charge in [-0.05, 0) is 24.6 Å². The third-order valence-electron chi connectivity index (χ3n) is 1.99. The molecule has 1 heterocycles. The predicted octanol–water partition coefficient (Wildman–Crippen LogP) is 1.23. The summed E-state index contributed by atoms with van der Waals surface area (Å²) in [5.74, 6) is -0.710. The molecule has 86 valence electrons. The van der Waals surface area contributed by atoms with Gasteiger partial charge in [0.05, 0.1) is 12.6 Å². The van der Waals surface area contributed by atoms with Crippen LogP contribution in [0.15, 0.2) is 17.2 Å². The zero-order valence-electron chi connectivity index (χ0n) is 8.58. The molecule has 1 aromatic rings. The lowest BCUT2D eigenvalue weighted by atomic mass is 10.1. The fourth-order valence-electron chi connectivity index (χ4n) is 1.17. The third-order valence-corrected chi connectivity index (χ3v) is 1.99. The van der Waals surface area contributed by atoms with E-state index in [9.17, 15) is 14.6 Å². The van der Waals surface area contributed by atoms with E-state index in [-0.39, 0.29) is 12.2 Å². The van der Waals surface area contributed by atoms with Crippen LogP contribution in [0.4, 0.5) is 4.39 Å². The standard InChI is InChI=1S/C9H11FN4O2/c1-5-2-3-6(10)8(13-5)9(16)7(15)4-12-14-11/h2-3,7,9,15-16H,4H2,1H3. The molecule has 1 aromatic heterocycles. The maximum Gasteiger partial charge on any atom is 0.147 e. The van der Waals surface area contributed by atoms with Gasteiger partial charge in [-0.2, -0.15) is 0 Å². The van der Waals surface area contributed by atoms with Crippen molar-refractivity contribution in [3.8, 4) is 0 Å². The molecule has 0 bridgehead atoms. The number of rotatable bonds is 4. The predicted molar refractivity (Wildman–Crippen MR) is 53.9 cm³/mol. The summed E-state index contributed by atoms with van der Waals surface area (Å²) in [6, 6.07) is 2.60. The largest absolute Gasteiger partial charge is 0.390 e. The number of azide groups is 1. The quantitative estimate of drug-likeness (QED) is 0.458. The summed E-state index contributed by atoms with van der Waals surface area (Å²) in [7, 11) is 0. The Morgan fingerprint density at radius 2 is 2.25 bits per heavy atom. The van der Waals surface area contributed by atoms with Gasteiger partial charge in [-0.1, -0.05) is 5.11 Å². The van der Waals surface area contributed by atoms with Crippen LogP contribution in [0.5, 0.6) is 0 Å². The Kier molecular flexibility index (Phi) is 4.19. The molecule has 2 unspecified atom stereocenters. The van der Waals surface area contributed by atoms with E-state index in [4.69, 9.17) is 5.53 Å². The highest BCUT2D eigenvalue weighted by molar-refractivity contribution is 5.15. The summed E-state index contributed by atoms with van der Waals surface area (Å²) < 4.78 is 13.3. The topological polar surface area (TPSA) is 102 Å². The van der Waals surface area contributed by atoms with Gasteiger partial charge in [-0.25, -0.2) is 4.39 Å². The zero-order chi connectivity index (χ0) is 12.1. The van der Waals surface area contributed by atoms with Crippen molar-refractivity contribution < 1.29 is 14.6 Å². The maximum atomic E-state index is 13.3. The van der Waals surface area contributed by atoms with Crippen molar-refractivity contribution in [3.05, 3.63) is 39.8 Å². The lowest BCUT2D eigenvalue weighted by molar-refractivity contribution is 0.0193. The van der Waals surface area contributed by atoms with E-state index in [1.807, 2.05) is 0 Å². The van der Waals surface area contributed by atoms with Gasteiger partial charge in [-0.15, -0.1) is 0 Å². The first-order valence-corrected chi connectivity index (χ1v) is 4.56. The summed E-state index contributed by atoms with van der Waals surface area (Å²) >= 11 is 0. The molecule has 0 aliphatic heterocycles. The molecule has 0 aromatic carbocycles. The molecular weight excluding hydrogens is 215 g/mol. The van der Waals surface area contributed by atoms with Gasteiger partial charge in [-0.3, -0.25) is 4.98 Å². The van der Waals surface area contributed by atoms with Crippen LogP contribution in [0.3, 0.4) is 0 Å². The summed E-state index contributed by atoms with van der Waals surface area (Å²) in [6.45, 7) is 1.29. The second kappa shape index (κ2) is 5.41. The molecule has 16 heavy (non-hydrogen) atoms. The van der Waals surface area contributed by atoms with Crippen molar-refractivity contribution in [2.24, 2.45) is 5.11 Å². The first-order valence-electron chi connectivity index (χ1n) is 4.56. The molecular formula is C9H11FN4O2. The van der Waals surface area contributed by atoms with Crippen LogP contribution in [0, 0.1) is 12.7 Å². The SMILES string of the molecule is Cc1ccc(F)c(C(O)C(O)CN=[N+]=[N-])n1. The molecule has 1 rings (SSSR count). The highest BCUT2D eigenvalue weighted by Gasteiger charge is 2.22. The number of nitrogens with zero attached hydrogens (tertiary/aromatic N) is 4. The second-order valence-corrected chi connectivity index (χ2v) is 3.25. The first-order chi connectivity index (χ1) is 7.56. The lowest BCUT2D eigenvalue weighted by Gasteiger charge is -2.16. The summed E-state index contributed by atoms with van der Waals surface area (Å²) in [4.78, 5) is 6.21. The van der Waals surface area contributed by atoms with E-state index in [2.05, 4.69) is 15.0 Å². The van der Waals surface area contributed by atoms with E-state index in [0.717, 1.165) is 6.07 Å². The lowest BCUT2D eigenvalue weighted by Crippen LogP contribution is -2.23. The minimum absolute atomic E-state index is 0.249. The van der Waals surface area contributed by atoms with Crippen molar-refractivity contribution in [1.29, 1.82) is 0 Å². The van der Waals surface area contributed by atoms with Crippen LogP contribution < -0.4 is 0 Å². The number of pyridine rings is 1. The highest BCUT2D eigenvalue weighted by Crippen LogP contribution is 2.18. The summed E-state index contributed by atoms with van der Waals surface area (Å²) in [5, 5.41) is 22.1. The van der Waals surface area contributed by atoms with Crippen LogP contribution >= 0.6 is 0 Å². The van der Waals surface area contributed by atoms with Crippen molar-refractivity contribution in [2.45, 2.75) is 19.1 Å². The van der Waals surface area contributed by atoms with Gasteiger partial charge in [0, 0.05) is 10.6 Å². The highest BCUT2D eigenvalue weighted by atomic mass is 19.1. The zero-order valence-corrected chi connectivity index (χ0v) is 8.58. The van der Waals surface area contributed by atoms with Crippen LogP contribution in [0.25, 0.3) is 10.4 Å². The number of aromatic nitrogens is 1. The molecule has 7 heteroatoms. The van der Waals surface area contributed by atoms with Crippen molar-refractivity contribution in [2.75, 3.05) is 6.54 Å². The molecule has 6 nitrogen and oxygen atoms in total. The number of aliphatic hydroxyl groups excluding tert-OH is 2. The number of aliphatic hydroxyl groups is 2. The minimum Gasteiger partial charge on any atom is -0.390 e. The molecule has 0 spiro atoms. The number of halogens is 1. The molecule has 2 atom stereocenters. The fourth-order valence-corrected chi connectivity index (χ4v) is 1.17. The van der Waals surface area contributed by atoms with Gasteiger partial charge in [0.25, 0.3) is 0 Å². The average Bonchev–Trinajstić information content (AvgIpc) is 2.28. The molecule has 0 aliphatic rings. The second-order valence-electron chi connectivity index (χ2n) is 3.25. The Morgan fingerprint density at radius 1 is 1.56 bits per heavy atom. The molecule has 0 aliphatic carbocycles. The molecule has 0 saturated carbocycles. The van der Waals surface area contributed by atoms with Gasteiger partial charge in [0.2, 0.25) is 0 Å². The van der Waals surface area contributed by atoms with Gasteiger partial charge in [0.1, 0.15) is 17.6 Å². The van der Waals surface area contributed by atoms with E-state index in [1.165, 1.54) is 6.07 Å². The third kappa shape index (κ3) is 2.90. The van der Waals surface area contributed by atoms with Crippen LogP contribution in [-0.2, 0) is 0 Å². The Morgan fingerprint density at radius 3 is 2.88 bits per heavy atom. The molecule has 0 saturated heterocycles. The number of aryl methyl sites for hydroxylation is 1. The van der Waals surface area contributed by atoms with Crippen molar-refractivity contribution in [1.82, 2.24) is 4.98 Å². The van der Waals surface area contributed by atoms with Crippen molar-refractivity contribution >= 4 is 0 Å². The van der Waals surface area contributed by atoms with E-state index < -0.39 is 18.0 Å². The molecule has 0 fully saturated rings. The Hall–Kier alpha value is -1.69. The van der Waals surface area contributed by atoms with Crippen LogP contribution in [0.2, 0.25) is 0 Å². The first kappa shape index (κ1) is 12.4. The van der Waals surface area contributed by atoms with Gasteiger partial charge < -0.3 is 10.2 Å². The molecule has 2 N–H and O–H groups in total.